The van der Waals surface area contributed by atoms with E-state index in [-0.39, 0.29) is 11.9 Å². The highest BCUT2D eigenvalue weighted by Gasteiger charge is 2.32. The number of aromatic nitrogens is 2. The average Bonchev–Trinajstić information content (AvgIpc) is 3.48. The van der Waals surface area contributed by atoms with E-state index in [1.54, 1.807) is 0 Å². The second-order valence-electron chi connectivity index (χ2n) is 8.62. The van der Waals surface area contributed by atoms with Crippen LogP contribution in [0.2, 0.25) is 0 Å². The van der Waals surface area contributed by atoms with Crippen molar-refractivity contribution < 1.29 is 14.1 Å². The Morgan fingerprint density at radius 3 is 2.73 bits per heavy atom. The molecule has 4 rings (SSSR count). The molecule has 1 atom stereocenters. The van der Waals surface area contributed by atoms with Gasteiger partial charge in [-0.05, 0) is 37.2 Å². The normalized spacial score (nSPS) is 20.0. The van der Waals surface area contributed by atoms with Gasteiger partial charge in [-0.2, -0.15) is 4.98 Å². The fourth-order valence-electron chi connectivity index (χ4n) is 4.69. The summed E-state index contributed by atoms with van der Waals surface area (Å²) in [7, 11) is 0. The molecular formula is C24H33N3O3. The second kappa shape index (κ2) is 10.7. The minimum Gasteiger partial charge on any atom is -0.376 e. The van der Waals surface area contributed by atoms with E-state index in [1.807, 2.05) is 35.2 Å². The van der Waals surface area contributed by atoms with Gasteiger partial charge in [0.1, 0.15) is 6.04 Å². The van der Waals surface area contributed by atoms with E-state index in [4.69, 9.17) is 9.26 Å². The Morgan fingerprint density at radius 2 is 1.90 bits per heavy atom. The van der Waals surface area contributed by atoms with Crippen molar-refractivity contribution >= 4 is 5.91 Å². The first-order chi connectivity index (χ1) is 14.8. The molecule has 1 aromatic heterocycles. The molecule has 6 heteroatoms. The molecule has 2 fully saturated rings. The molecule has 0 spiro atoms. The lowest BCUT2D eigenvalue weighted by atomic mass is 9.98. The molecule has 1 unspecified atom stereocenters. The Hall–Kier alpha value is -2.21. The predicted molar refractivity (Wildman–Crippen MR) is 114 cm³/mol. The molecule has 1 amide bonds. The number of piperidine rings is 1. The van der Waals surface area contributed by atoms with Crippen LogP contribution in [-0.2, 0) is 22.6 Å². The Labute approximate surface area is 179 Å². The summed E-state index contributed by atoms with van der Waals surface area (Å²) in [5.41, 5.74) is 1.15. The summed E-state index contributed by atoms with van der Waals surface area (Å²) in [4.78, 5) is 19.5. The first kappa shape index (κ1) is 21.0. The highest BCUT2D eigenvalue weighted by atomic mass is 16.5. The van der Waals surface area contributed by atoms with Crippen LogP contribution in [0.15, 0.2) is 34.9 Å². The zero-order chi connectivity index (χ0) is 20.6. The topological polar surface area (TPSA) is 68.5 Å². The second-order valence-corrected chi connectivity index (χ2v) is 8.62. The monoisotopic (exact) mass is 411 g/mol. The van der Waals surface area contributed by atoms with Crippen molar-refractivity contribution in [2.45, 2.75) is 76.9 Å². The summed E-state index contributed by atoms with van der Waals surface area (Å²) in [6.45, 7) is 1.92. The van der Waals surface area contributed by atoms with Gasteiger partial charge in [-0.25, -0.2) is 0 Å². The molecule has 0 bridgehead atoms. The van der Waals surface area contributed by atoms with Crippen LogP contribution in [-0.4, -0.2) is 34.1 Å². The summed E-state index contributed by atoms with van der Waals surface area (Å²) in [6.07, 6.45) is 10.6. The van der Waals surface area contributed by atoms with E-state index >= 15 is 0 Å². The van der Waals surface area contributed by atoms with Crippen LogP contribution < -0.4 is 0 Å². The van der Waals surface area contributed by atoms with Gasteiger partial charge in [-0.1, -0.05) is 61.2 Å². The third-order valence-corrected chi connectivity index (χ3v) is 6.41. The van der Waals surface area contributed by atoms with Crippen molar-refractivity contribution in [2.75, 3.05) is 13.2 Å². The quantitative estimate of drug-likeness (QED) is 0.552. The van der Waals surface area contributed by atoms with Gasteiger partial charge in [0.15, 0.2) is 5.82 Å². The fourth-order valence-corrected chi connectivity index (χ4v) is 4.69. The van der Waals surface area contributed by atoms with Gasteiger partial charge in [0.2, 0.25) is 11.8 Å². The SMILES string of the molecule is O=C(CCC1CCCC1)N1CCCCC1c1nc(CCOCc2ccccc2)no1. The summed E-state index contributed by atoms with van der Waals surface area (Å²) in [6, 6.07) is 10.0. The zero-order valence-corrected chi connectivity index (χ0v) is 17.8. The molecule has 0 N–H and O–H groups in total. The molecule has 1 aliphatic carbocycles. The third-order valence-electron chi connectivity index (χ3n) is 6.41. The van der Waals surface area contributed by atoms with Gasteiger partial charge >= 0.3 is 0 Å². The molecule has 2 aromatic rings. The summed E-state index contributed by atoms with van der Waals surface area (Å²) >= 11 is 0. The van der Waals surface area contributed by atoms with E-state index < -0.39 is 0 Å². The van der Waals surface area contributed by atoms with Crippen molar-refractivity contribution in [1.29, 1.82) is 0 Å². The number of hydrogen-bond acceptors (Lipinski definition) is 5. The highest BCUT2D eigenvalue weighted by Crippen LogP contribution is 2.33. The molecular weight excluding hydrogens is 378 g/mol. The molecule has 6 nitrogen and oxygen atoms in total. The molecule has 2 heterocycles. The van der Waals surface area contributed by atoms with Crippen LogP contribution in [0.1, 0.15) is 81.1 Å². The third kappa shape index (κ3) is 5.69. The molecule has 0 radical (unpaired) electrons. The van der Waals surface area contributed by atoms with Gasteiger partial charge in [-0.3, -0.25) is 4.79 Å². The number of amides is 1. The predicted octanol–water partition coefficient (Wildman–Crippen LogP) is 4.85. The number of carbonyl (C=O) groups is 1. The van der Waals surface area contributed by atoms with Crippen molar-refractivity contribution in [2.24, 2.45) is 5.92 Å². The van der Waals surface area contributed by atoms with Crippen molar-refractivity contribution in [3.05, 3.63) is 47.6 Å². The summed E-state index contributed by atoms with van der Waals surface area (Å²) in [5.74, 6) is 2.23. The number of hydrogen-bond donors (Lipinski definition) is 0. The number of ether oxygens (including phenoxy) is 1. The molecule has 1 aromatic carbocycles. The first-order valence-electron chi connectivity index (χ1n) is 11.5. The Balaban J connectivity index is 1.27. The van der Waals surface area contributed by atoms with E-state index in [9.17, 15) is 4.79 Å². The first-order valence-corrected chi connectivity index (χ1v) is 11.5. The Bertz CT molecular complexity index is 786. The van der Waals surface area contributed by atoms with Crippen molar-refractivity contribution in [3.8, 4) is 0 Å². The number of nitrogens with zero attached hydrogens (tertiary/aromatic N) is 3. The molecule has 1 saturated heterocycles. The summed E-state index contributed by atoms with van der Waals surface area (Å²) < 4.78 is 11.3. The zero-order valence-electron chi connectivity index (χ0n) is 17.8. The lowest BCUT2D eigenvalue weighted by Gasteiger charge is -2.33. The average molecular weight is 412 g/mol. The number of rotatable bonds is 9. The van der Waals surface area contributed by atoms with Gasteiger partial charge in [0.25, 0.3) is 0 Å². The standard InChI is InChI=1S/C24H33N3O3/c28-23(14-13-19-8-4-5-9-19)27-16-7-6-12-21(27)24-25-22(26-30-24)15-17-29-18-20-10-2-1-3-11-20/h1-3,10-11,19,21H,4-9,12-18H2. The van der Waals surface area contributed by atoms with E-state index in [0.29, 0.717) is 37.8 Å². The number of likely N-dealkylation sites (tertiary alicyclic amines) is 1. The van der Waals surface area contributed by atoms with Crippen LogP contribution in [0.3, 0.4) is 0 Å². The lowest BCUT2D eigenvalue weighted by molar-refractivity contribution is -0.136. The molecule has 1 saturated carbocycles. The van der Waals surface area contributed by atoms with Gasteiger partial charge in [0.05, 0.1) is 13.2 Å². The van der Waals surface area contributed by atoms with Crippen LogP contribution in [0.4, 0.5) is 0 Å². The van der Waals surface area contributed by atoms with Gasteiger partial charge in [0, 0.05) is 19.4 Å². The largest absolute Gasteiger partial charge is 0.376 e. The van der Waals surface area contributed by atoms with Gasteiger partial charge < -0.3 is 14.2 Å². The van der Waals surface area contributed by atoms with E-state index in [2.05, 4.69) is 10.1 Å². The lowest BCUT2D eigenvalue weighted by Crippen LogP contribution is -2.38. The maximum atomic E-state index is 12.9. The fraction of sp³-hybridized carbons (Fsp3) is 0.625. The minimum absolute atomic E-state index is 0.0682. The number of benzene rings is 1. The Morgan fingerprint density at radius 1 is 1.10 bits per heavy atom. The molecule has 1 aliphatic heterocycles. The number of carbonyl (C=O) groups excluding carboxylic acids is 1. The maximum Gasteiger partial charge on any atom is 0.249 e. The molecule has 2 aliphatic rings. The molecule has 162 valence electrons. The van der Waals surface area contributed by atoms with Crippen LogP contribution in [0.25, 0.3) is 0 Å². The Kier molecular flexibility index (Phi) is 7.51. The van der Waals surface area contributed by atoms with E-state index in [1.165, 1.54) is 25.7 Å². The van der Waals surface area contributed by atoms with E-state index in [0.717, 1.165) is 43.7 Å². The van der Waals surface area contributed by atoms with Gasteiger partial charge in [-0.15, -0.1) is 0 Å². The summed E-state index contributed by atoms with van der Waals surface area (Å²) in [5, 5.41) is 4.13. The van der Waals surface area contributed by atoms with Crippen molar-refractivity contribution in [3.63, 3.8) is 0 Å². The van der Waals surface area contributed by atoms with Crippen LogP contribution in [0, 0.1) is 5.92 Å². The maximum absolute atomic E-state index is 12.9. The minimum atomic E-state index is -0.0682. The smallest absolute Gasteiger partial charge is 0.249 e. The van der Waals surface area contributed by atoms with Crippen molar-refractivity contribution in [1.82, 2.24) is 15.0 Å². The molecule has 30 heavy (non-hydrogen) atoms. The van der Waals surface area contributed by atoms with Crippen LogP contribution >= 0.6 is 0 Å². The van der Waals surface area contributed by atoms with Crippen LogP contribution in [0.5, 0.6) is 0 Å². The highest BCUT2D eigenvalue weighted by molar-refractivity contribution is 5.76.